The second kappa shape index (κ2) is 11.3. The van der Waals surface area contributed by atoms with Crippen molar-refractivity contribution in [3.63, 3.8) is 0 Å². The number of nitro groups is 1. The van der Waals surface area contributed by atoms with Crippen LogP contribution in [0, 0.1) is 10.1 Å². The number of hydrogen-bond acceptors (Lipinski definition) is 9. The molecule has 2 saturated heterocycles. The third kappa shape index (κ3) is 5.11. The van der Waals surface area contributed by atoms with E-state index in [1.165, 1.54) is 20.5 Å². The molecule has 2 N–H and O–H groups in total. The van der Waals surface area contributed by atoms with Crippen LogP contribution in [0.25, 0.3) is 0 Å². The lowest BCUT2D eigenvalue weighted by atomic mass is 9.85. The van der Waals surface area contributed by atoms with Crippen LogP contribution in [-0.2, 0) is 4.79 Å². The zero-order chi connectivity index (χ0) is 27.4. The van der Waals surface area contributed by atoms with Crippen LogP contribution in [0.1, 0.15) is 33.8 Å². The quantitative estimate of drug-likeness (QED) is 0.387. The largest absolute Gasteiger partial charge is 0.494 e. The average Bonchev–Trinajstić information content (AvgIpc) is 3.47. The second-order valence-electron chi connectivity index (χ2n) is 8.92. The Morgan fingerprint density at radius 1 is 1.11 bits per heavy atom. The minimum Gasteiger partial charge on any atom is -0.494 e. The van der Waals surface area contributed by atoms with E-state index in [2.05, 4.69) is 10.6 Å². The summed E-state index contributed by atoms with van der Waals surface area (Å²) < 4.78 is 15.7. The van der Waals surface area contributed by atoms with Crippen LogP contribution < -0.4 is 20.1 Å². The number of rotatable bonds is 7. The van der Waals surface area contributed by atoms with Gasteiger partial charge >= 0.3 is 5.69 Å². The number of piperazine rings is 1. The molecule has 2 fully saturated rings. The third-order valence-electron chi connectivity index (χ3n) is 6.80. The minimum absolute atomic E-state index is 0.104. The predicted molar refractivity (Wildman–Crippen MR) is 135 cm³/mol. The highest BCUT2D eigenvalue weighted by Crippen LogP contribution is 2.43. The molecular weight excluding hydrogens is 522 g/mol. The lowest BCUT2D eigenvalue weighted by Gasteiger charge is -2.43. The van der Waals surface area contributed by atoms with Gasteiger partial charge in [-0.2, -0.15) is 0 Å². The maximum Gasteiger partial charge on any atom is 0.313 e. The predicted octanol–water partition coefficient (Wildman–Crippen LogP) is 1.69. The number of amides is 3. The SMILES string of the molecule is COc1c(Cl)cc([N+](=O)[O-])c(OC)c1C(=O)NC1(C(=O)N2CCN(C(=O)c3ccco3)CC2)CCNCC1. The van der Waals surface area contributed by atoms with Crippen molar-refractivity contribution in [3.8, 4) is 11.5 Å². The molecule has 204 valence electrons. The van der Waals surface area contributed by atoms with Crippen molar-refractivity contribution in [2.45, 2.75) is 18.4 Å². The van der Waals surface area contributed by atoms with E-state index >= 15 is 0 Å². The fourth-order valence-electron chi connectivity index (χ4n) is 4.85. The molecule has 13 nitrogen and oxygen atoms in total. The van der Waals surface area contributed by atoms with E-state index < -0.39 is 22.1 Å². The maximum atomic E-state index is 13.9. The number of carbonyl (C=O) groups excluding carboxylic acids is 3. The number of halogens is 1. The van der Waals surface area contributed by atoms with E-state index in [1.54, 1.807) is 21.9 Å². The number of nitrogens with one attached hydrogen (secondary N) is 2. The number of nitrogens with zero attached hydrogens (tertiary/aromatic N) is 3. The summed E-state index contributed by atoms with van der Waals surface area (Å²) in [6.07, 6.45) is 2.00. The monoisotopic (exact) mass is 549 g/mol. The van der Waals surface area contributed by atoms with Gasteiger partial charge in [0, 0.05) is 32.2 Å². The summed E-state index contributed by atoms with van der Waals surface area (Å²) in [5.74, 6) is -1.54. The Balaban J connectivity index is 1.59. The summed E-state index contributed by atoms with van der Waals surface area (Å²) in [5, 5.41) is 17.5. The van der Waals surface area contributed by atoms with Crippen LogP contribution in [0.2, 0.25) is 5.02 Å². The molecule has 3 heterocycles. The number of carbonyl (C=O) groups is 3. The van der Waals surface area contributed by atoms with E-state index in [0.717, 1.165) is 6.07 Å². The lowest BCUT2D eigenvalue weighted by Crippen LogP contribution is -2.65. The maximum absolute atomic E-state index is 13.9. The molecule has 0 bridgehead atoms. The third-order valence-corrected chi connectivity index (χ3v) is 7.09. The first-order valence-corrected chi connectivity index (χ1v) is 12.3. The molecule has 38 heavy (non-hydrogen) atoms. The van der Waals surface area contributed by atoms with Gasteiger partial charge in [-0.25, -0.2) is 0 Å². The summed E-state index contributed by atoms with van der Waals surface area (Å²) in [4.78, 5) is 54.3. The number of nitro benzene ring substituents is 1. The number of ether oxygens (including phenoxy) is 2. The highest BCUT2D eigenvalue weighted by atomic mass is 35.5. The molecule has 3 amide bonds. The van der Waals surface area contributed by atoms with E-state index in [1.807, 2.05) is 0 Å². The Morgan fingerprint density at radius 3 is 2.29 bits per heavy atom. The molecule has 2 aliphatic heterocycles. The Labute approximate surface area is 223 Å². The van der Waals surface area contributed by atoms with Crippen molar-refractivity contribution >= 4 is 35.0 Å². The Morgan fingerprint density at radius 2 is 1.74 bits per heavy atom. The zero-order valence-corrected chi connectivity index (χ0v) is 21.7. The van der Waals surface area contributed by atoms with Crippen LogP contribution in [0.15, 0.2) is 28.9 Å². The fourth-order valence-corrected chi connectivity index (χ4v) is 5.12. The zero-order valence-electron chi connectivity index (χ0n) is 21.0. The average molecular weight is 550 g/mol. The van der Waals surface area contributed by atoms with Crippen molar-refractivity contribution in [1.29, 1.82) is 0 Å². The number of methoxy groups -OCH3 is 2. The van der Waals surface area contributed by atoms with E-state index in [-0.39, 0.29) is 65.6 Å². The van der Waals surface area contributed by atoms with Gasteiger partial charge in [0.05, 0.1) is 30.4 Å². The Bertz CT molecular complexity index is 1220. The summed E-state index contributed by atoms with van der Waals surface area (Å²) in [7, 11) is 2.47. The highest BCUT2D eigenvalue weighted by Gasteiger charge is 2.45. The fraction of sp³-hybridized carbons (Fsp3) is 0.458. The summed E-state index contributed by atoms with van der Waals surface area (Å²) >= 11 is 6.20. The lowest BCUT2D eigenvalue weighted by molar-refractivity contribution is -0.385. The Kier molecular flexibility index (Phi) is 8.07. The van der Waals surface area contributed by atoms with Gasteiger partial charge in [0.15, 0.2) is 11.5 Å². The minimum atomic E-state index is -1.29. The van der Waals surface area contributed by atoms with Crippen LogP contribution >= 0.6 is 11.6 Å². The highest BCUT2D eigenvalue weighted by molar-refractivity contribution is 6.33. The molecular formula is C24H28ClN5O8. The van der Waals surface area contributed by atoms with Gasteiger partial charge in [-0.1, -0.05) is 11.6 Å². The molecule has 0 radical (unpaired) electrons. The van der Waals surface area contributed by atoms with Crippen LogP contribution in [0.3, 0.4) is 0 Å². The van der Waals surface area contributed by atoms with Crippen molar-refractivity contribution in [1.82, 2.24) is 20.4 Å². The van der Waals surface area contributed by atoms with Gasteiger partial charge in [-0.05, 0) is 38.1 Å². The molecule has 2 aliphatic rings. The molecule has 0 unspecified atom stereocenters. The van der Waals surface area contributed by atoms with Gasteiger partial charge in [0.25, 0.3) is 11.8 Å². The molecule has 0 atom stereocenters. The van der Waals surface area contributed by atoms with Gasteiger partial charge in [-0.3, -0.25) is 24.5 Å². The molecule has 1 aromatic heterocycles. The van der Waals surface area contributed by atoms with Crippen LogP contribution in [0.4, 0.5) is 5.69 Å². The van der Waals surface area contributed by atoms with Crippen LogP contribution in [0.5, 0.6) is 11.5 Å². The summed E-state index contributed by atoms with van der Waals surface area (Å²) in [6.45, 7) is 2.07. The molecule has 4 rings (SSSR count). The number of furan rings is 1. The van der Waals surface area contributed by atoms with Crippen LogP contribution in [-0.4, -0.2) is 91.5 Å². The molecule has 0 spiro atoms. The molecule has 0 saturated carbocycles. The summed E-state index contributed by atoms with van der Waals surface area (Å²) in [5.41, 5.74) is -2.07. The van der Waals surface area contributed by atoms with Crippen molar-refractivity contribution in [2.75, 3.05) is 53.5 Å². The van der Waals surface area contributed by atoms with Gasteiger partial charge in [-0.15, -0.1) is 0 Å². The Hall–Kier alpha value is -3.84. The number of benzene rings is 1. The van der Waals surface area contributed by atoms with Gasteiger partial charge in [0.1, 0.15) is 11.1 Å². The first-order valence-electron chi connectivity index (χ1n) is 12.0. The van der Waals surface area contributed by atoms with E-state index in [4.69, 9.17) is 25.5 Å². The van der Waals surface area contributed by atoms with Crippen molar-refractivity contribution in [3.05, 3.63) is 50.9 Å². The van der Waals surface area contributed by atoms with Gasteiger partial charge in [0.2, 0.25) is 11.7 Å². The molecule has 0 aliphatic carbocycles. The normalized spacial score (nSPS) is 17.0. The first kappa shape index (κ1) is 27.2. The second-order valence-corrected chi connectivity index (χ2v) is 9.33. The topological polar surface area (TPSA) is 156 Å². The first-order chi connectivity index (χ1) is 18.2. The van der Waals surface area contributed by atoms with E-state index in [0.29, 0.717) is 26.2 Å². The molecule has 2 aromatic rings. The summed E-state index contributed by atoms with van der Waals surface area (Å²) in [6, 6.07) is 4.27. The standard InChI is InChI=1S/C24H28ClN5O8/c1-36-19-15(25)14-16(30(34)35)20(37-2)18(19)21(31)27-24(5-7-26-8-6-24)23(33)29-11-9-28(10-12-29)22(32)17-4-3-13-38-17/h3-4,13-14,26H,5-12H2,1-2H3,(H,27,31). The molecule has 14 heteroatoms. The van der Waals surface area contributed by atoms with Crippen molar-refractivity contribution in [2.24, 2.45) is 0 Å². The van der Waals surface area contributed by atoms with E-state index in [9.17, 15) is 24.5 Å². The van der Waals surface area contributed by atoms with Crippen molar-refractivity contribution < 1.29 is 33.2 Å². The molecule has 1 aromatic carbocycles. The smallest absolute Gasteiger partial charge is 0.313 e. The number of hydrogen-bond donors (Lipinski definition) is 2. The number of piperidine rings is 1. The van der Waals surface area contributed by atoms with Gasteiger partial charge < -0.3 is 34.3 Å².